The summed E-state index contributed by atoms with van der Waals surface area (Å²) in [5.74, 6) is 2.09. The number of alkyl halides is 1. The van der Waals surface area contributed by atoms with Gasteiger partial charge in [0.25, 0.3) is 0 Å². The van der Waals surface area contributed by atoms with Crippen molar-refractivity contribution in [3.8, 4) is 11.5 Å². The molecule has 3 aromatic rings. The predicted molar refractivity (Wildman–Crippen MR) is 91.3 cm³/mol. The van der Waals surface area contributed by atoms with E-state index in [0.29, 0.717) is 5.92 Å². The number of benzene rings is 2. The zero-order valence-corrected chi connectivity index (χ0v) is 13.7. The van der Waals surface area contributed by atoms with Crippen LogP contribution in [0.25, 0.3) is 22.2 Å². The zero-order chi connectivity index (χ0) is 14.1. The number of nitrogens with zero attached hydrogens (tertiary/aromatic N) is 1. The van der Waals surface area contributed by atoms with Gasteiger partial charge in [-0.3, -0.25) is 0 Å². The Morgan fingerprint density at radius 3 is 2.50 bits per heavy atom. The van der Waals surface area contributed by atoms with Crippen molar-refractivity contribution in [2.75, 3.05) is 0 Å². The van der Waals surface area contributed by atoms with Gasteiger partial charge in [-0.2, -0.15) is 0 Å². The van der Waals surface area contributed by atoms with E-state index < -0.39 is 0 Å². The van der Waals surface area contributed by atoms with Crippen LogP contribution < -0.4 is 0 Å². The van der Waals surface area contributed by atoms with Crippen molar-refractivity contribution in [3.63, 3.8) is 0 Å². The maximum Gasteiger partial charge on any atom is 0.226 e. The van der Waals surface area contributed by atoms with Gasteiger partial charge in [-0.15, -0.1) is 0 Å². The second-order valence-corrected chi connectivity index (χ2v) is 5.94. The van der Waals surface area contributed by atoms with Crippen LogP contribution in [0.4, 0.5) is 0 Å². The van der Waals surface area contributed by atoms with Gasteiger partial charge < -0.3 is 4.42 Å². The van der Waals surface area contributed by atoms with Gasteiger partial charge in [0.15, 0.2) is 0 Å². The molecule has 3 rings (SSSR count). The third kappa shape index (κ3) is 2.46. The summed E-state index contributed by atoms with van der Waals surface area (Å²) in [5, 5.41) is 2.45. The van der Waals surface area contributed by atoms with E-state index in [2.05, 4.69) is 83.9 Å². The number of hydrogen-bond acceptors (Lipinski definition) is 2. The van der Waals surface area contributed by atoms with Gasteiger partial charge in [0.05, 0.1) is 5.69 Å². The number of aromatic nitrogens is 1. The van der Waals surface area contributed by atoms with Crippen molar-refractivity contribution in [1.82, 2.24) is 4.98 Å². The lowest BCUT2D eigenvalue weighted by molar-refractivity contribution is 0.492. The Bertz CT molecular complexity index is 746. The Morgan fingerprint density at radius 2 is 1.85 bits per heavy atom. The summed E-state index contributed by atoms with van der Waals surface area (Å²) in [6, 6.07) is 14.7. The Balaban J connectivity index is 2.10. The van der Waals surface area contributed by atoms with Crippen molar-refractivity contribution in [1.29, 1.82) is 0 Å². The van der Waals surface area contributed by atoms with Gasteiger partial charge in [0, 0.05) is 15.9 Å². The molecule has 0 saturated carbocycles. The topological polar surface area (TPSA) is 26.0 Å². The number of hydrogen-bond donors (Lipinski definition) is 0. The molecule has 2 aromatic carbocycles. The summed E-state index contributed by atoms with van der Waals surface area (Å²) in [4.78, 5) is 4.65. The van der Waals surface area contributed by atoms with Crippen LogP contribution in [-0.2, 0) is 4.43 Å². The minimum atomic E-state index is 0.362. The molecule has 0 saturated heterocycles. The molecule has 0 aliphatic rings. The molecule has 20 heavy (non-hydrogen) atoms. The average molecular weight is 377 g/mol. The van der Waals surface area contributed by atoms with Crippen molar-refractivity contribution >= 4 is 33.4 Å². The zero-order valence-electron chi connectivity index (χ0n) is 11.6. The first-order valence-electron chi connectivity index (χ1n) is 6.74. The van der Waals surface area contributed by atoms with Crippen LogP contribution in [0, 0.1) is 0 Å². The average Bonchev–Trinajstić information content (AvgIpc) is 2.91. The standard InChI is InChI=1S/C17H16INO/c1-11(2)16-15(10-18)19-17(20-16)14-8-7-12-5-3-4-6-13(12)9-14/h3-9,11H,10H2,1-2H3. The number of halogens is 1. The molecule has 3 heteroatoms. The minimum absolute atomic E-state index is 0.362. The second-order valence-electron chi connectivity index (χ2n) is 5.18. The fraction of sp³-hybridized carbons (Fsp3) is 0.235. The SMILES string of the molecule is CC(C)c1oc(-c2ccc3ccccc3c2)nc1CI. The highest BCUT2D eigenvalue weighted by atomic mass is 127. The molecule has 0 atom stereocenters. The first kappa shape index (κ1) is 13.6. The third-order valence-corrected chi connectivity index (χ3v) is 4.10. The molecule has 1 heterocycles. The predicted octanol–water partition coefficient (Wildman–Crippen LogP) is 5.55. The molecule has 102 valence electrons. The smallest absolute Gasteiger partial charge is 0.226 e. The van der Waals surface area contributed by atoms with Crippen molar-refractivity contribution in [2.45, 2.75) is 24.2 Å². The molecule has 2 nitrogen and oxygen atoms in total. The Hall–Kier alpha value is -1.36. The summed E-state index contributed by atoms with van der Waals surface area (Å²) in [5.41, 5.74) is 2.10. The molecule has 0 radical (unpaired) electrons. The van der Waals surface area contributed by atoms with Gasteiger partial charge in [0.1, 0.15) is 5.76 Å². The maximum absolute atomic E-state index is 5.99. The fourth-order valence-corrected chi connectivity index (χ4v) is 2.90. The van der Waals surface area contributed by atoms with Crippen molar-refractivity contribution in [3.05, 3.63) is 53.9 Å². The summed E-state index contributed by atoms with van der Waals surface area (Å²) in [7, 11) is 0. The number of fused-ring (bicyclic) bond motifs is 1. The van der Waals surface area contributed by atoms with Gasteiger partial charge in [-0.05, 0) is 22.9 Å². The molecule has 0 unspecified atom stereocenters. The second kappa shape index (κ2) is 5.56. The van der Waals surface area contributed by atoms with Gasteiger partial charge in [-0.1, -0.05) is 66.8 Å². The highest BCUT2D eigenvalue weighted by Crippen LogP contribution is 2.30. The fourth-order valence-electron chi connectivity index (χ4n) is 2.36. The Kier molecular flexibility index (Phi) is 3.78. The van der Waals surface area contributed by atoms with Crippen LogP contribution in [0.15, 0.2) is 46.9 Å². The maximum atomic E-state index is 5.99. The molecule has 0 aliphatic carbocycles. The molecule has 1 aromatic heterocycles. The molecule has 0 amide bonds. The summed E-state index contributed by atoms with van der Waals surface area (Å²) >= 11 is 2.34. The van der Waals surface area contributed by atoms with E-state index in [-0.39, 0.29) is 0 Å². The molecule has 0 fully saturated rings. The molecule has 0 aliphatic heterocycles. The van der Waals surface area contributed by atoms with Crippen LogP contribution in [0.1, 0.15) is 31.2 Å². The van der Waals surface area contributed by atoms with Crippen LogP contribution in [0.5, 0.6) is 0 Å². The largest absolute Gasteiger partial charge is 0.441 e. The number of oxazole rings is 1. The van der Waals surface area contributed by atoms with E-state index in [1.165, 1.54) is 10.8 Å². The lowest BCUT2D eigenvalue weighted by Gasteiger charge is -2.01. The summed E-state index contributed by atoms with van der Waals surface area (Å²) in [6.45, 7) is 4.28. The van der Waals surface area contributed by atoms with E-state index in [1.807, 2.05) is 0 Å². The monoisotopic (exact) mass is 377 g/mol. The van der Waals surface area contributed by atoms with Crippen molar-refractivity contribution in [2.24, 2.45) is 0 Å². The summed E-state index contributed by atoms with van der Waals surface area (Å²) < 4.78 is 6.86. The van der Waals surface area contributed by atoms with E-state index in [9.17, 15) is 0 Å². The highest BCUT2D eigenvalue weighted by Gasteiger charge is 2.16. The quantitative estimate of drug-likeness (QED) is 0.442. The van der Waals surface area contributed by atoms with E-state index in [1.54, 1.807) is 0 Å². The molecular formula is C17H16INO. The number of rotatable bonds is 3. The highest BCUT2D eigenvalue weighted by molar-refractivity contribution is 14.1. The lowest BCUT2D eigenvalue weighted by atomic mass is 10.1. The Labute approximate surface area is 132 Å². The van der Waals surface area contributed by atoms with Crippen LogP contribution in [-0.4, -0.2) is 4.98 Å². The third-order valence-electron chi connectivity index (χ3n) is 3.37. The molecular weight excluding hydrogens is 361 g/mol. The van der Waals surface area contributed by atoms with Gasteiger partial charge in [-0.25, -0.2) is 4.98 Å². The van der Waals surface area contributed by atoms with E-state index >= 15 is 0 Å². The lowest BCUT2D eigenvalue weighted by Crippen LogP contribution is -1.89. The van der Waals surface area contributed by atoms with Crippen molar-refractivity contribution < 1.29 is 4.42 Å². The molecule has 0 N–H and O–H groups in total. The Morgan fingerprint density at radius 1 is 1.10 bits per heavy atom. The van der Waals surface area contributed by atoms with Crippen LogP contribution >= 0.6 is 22.6 Å². The first-order valence-corrected chi connectivity index (χ1v) is 8.26. The summed E-state index contributed by atoms with van der Waals surface area (Å²) in [6.07, 6.45) is 0. The minimum Gasteiger partial charge on any atom is -0.441 e. The van der Waals surface area contributed by atoms with Crippen LogP contribution in [0.2, 0.25) is 0 Å². The van der Waals surface area contributed by atoms with E-state index in [4.69, 9.17) is 4.42 Å². The van der Waals surface area contributed by atoms with E-state index in [0.717, 1.165) is 27.3 Å². The normalized spacial score (nSPS) is 11.4. The molecule has 0 spiro atoms. The van der Waals surface area contributed by atoms with Gasteiger partial charge in [0.2, 0.25) is 5.89 Å². The van der Waals surface area contributed by atoms with Crippen LogP contribution in [0.3, 0.4) is 0 Å². The molecule has 0 bridgehead atoms. The first-order chi connectivity index (χ1) is 9.69. The van der Waals surface area contributed by atoms with Gasteiger partial charge >= 0.3 is 0 Å².